The number of carbonyl (C=O) groups excluding carboxylic acids is 2. The van der Waals surface area contributed by atoms with Crippen LogP contribution in [0.2, 0.25) is 0 Å². The van der Waals surface area contributed by atoms with E-state index in [1.165, 1.54) is 0 Å². The van der Waals surface area contributed by atoms with E-state index in [1.54, 1.807) is 0 Å². The SMILES string of the molecule is CCCCc1oc(-c2ccccc2)c2c1C(=O)[C@@H](c1ccccc1)[C@@H]2C(=O)c1ccccc1. The molecule has 3 nitrogen and oxygen atoms in total. The minimum absolute atomic E-state index is 0.0116. The maximum Gasteiger partial charge on any atom is 0.175 e. The average molecular weight is 435 g/mol. The molecule has 33 heavy (non-hydrogen) atoms. The number of ketones is 2. The molecule has 0 amide bonds. The van der Waals surface area contributed by atoms with Crippen LogP contribution in [0.3, 0.4) is 0 Å². The molecule has 1 heterocycles. The lowest BCUT2D eigenvalue weighted by atomic mass is 9.80. The predicted molar refractivity (Wildman–Crippen MR) is 130 cm³/mol. The van der Waals surface area contributed by atoms with Gasteiger partial charge < -0.3 is 4.42 Å². The van der Waals surface area contributed by atoms with Crippen molar-refractivity contribution in [3.63, 3.8) is 0 Å². The summed E-state index contributed by atoms with van der Waals surface area (Å²) in [5, 5.41) is 0. The predicted octanol–water partition coefficient (Wildman–Crippen LogP) is 7.24. The summed E-state index contributed by atoms with van der Waals surface area (Å²) in [6, 6.07) is 28.8. The van der Waals surface area contributed by atoms with Gasteiger partial charge in [-0.05, 0) is 12.0 Å². The summed E-state index contributed by atoms with van der Waals surface area (Å²) >= 11 is 0. The number of benzene rings is 3. The van der Waals surface area contributed by atoms with E-state index in [0.29, 0.717) is 29.1 Å². The van der Waals surface area contributed by atoms with Gasteiger partial charge in [0.1, 0.15) is 11.5 Å². The molecule has 0 bridgehead atoms. The number of unbranched alkanes of at least 4 members (excludes halogenated alkanes) is 1. The molecule has 0 spiro atoms. The molecular formula is C30H26O3. The first kappa shape index (κ1) is 21.1. The highest BCUT2D eigenvalue weighted by Gasteiger charge is 2.49. The lowest BCUT2D eigenvalue weighted by molar-refractivity contribution is 0.0887. The van der Waals surface area contributed by atoms with Crippen LogP contribution < -0.4 is 0 Å². The Hall–Kier alpha value is -3.72. The standard InChI is InChI=1S/C30H26O3/c1-2-3-19-23-25-27(30(33-23)22-17-11-6-12-18-22)26(28(31)21-15-9-5-10-16-21)24(29(25)32)20-13-7-4-8-14-20/h4-18,24,26H,2-3,19H2,1H3/t24-,26-/m0/s1. The van der Waals surface area contributed by atoms with Gasteiger partial charge in [-0.1, -0.05) is 104 Å². The summed E-state index contributed by atoms with van der Waals surface area (Å²) in [6.07, 6.45) is 2.61. The van der Waals surface area contributed by atoms with Gasteiger partial charge in [0.15, 0.2) is 11.6 Å². The number of hydrogen-bond donors (Lipinski definition) is 0. The molecule has 4 aromatic rings. The van der Waals surface area contributed by atoms with Gasteiger partial charge >= 0.3 is 0 Å². The molecule has 164 valence electrons. The maximum atomic E-state index is 14.0. The Kier molecular flexibility index (Phi) is 5.78. The Morgan fingerprint density at radius 3 is 2.09 bits per heavy atom. The van der Waals surface area contributed by atoms with Crippen LogP contribution in [0.4, 0.5) is 0 Å². The lowest BCUT2D eigenvalue weighted by Crippen LogP contribution is -2.20. The molecule has 1 aliphatic rings. The first-order chi connectivity index (χ1) is 16.2. The van der Waals surface area contributed by atoms with Crippen LogP contribution in [0, 0.1) is 0 Å². The van der Waals surface area contributed by atoms with Gasteiger partial charge in [0.2, 0.25) is 0 Å². The second-order valence-electron chi connectivity index (χ2n) is 8.57. The van der Waals surface area contributed by atoms with E-state index < -0.39 is 11.8 Å². The van der Waals surface area contributed by atoms with E-state index in [-0.39, 0.29) is 11.6 Å². The summed E-state index contributed by atoms with van der Waals surface area (Å²) in [4.78, 5) is 27.9. The van der Waals surface area contributed by atoms with Crippen molar-refractivity contribution in [2.45, 2.75) is 38.0 Å². The van der Waals surface area contributed by atoms with Crippen LogP contribution in [0.5, 0.6) is 0 Å². The Bertz CT molecular complexity index is 1270. The average Bonchev–Trinajstić information content (AvgIpc) is 3.39. The van der Waals surface area contributed by atoms with E-state index in [4.69, 9.17) is 4.42 Å². The molecule has 2 atom stereocenters. The molecule has 0 saturated heterocycles. The van der Waals surface area contributed by atoms with Crippen LogP contribution in [-0.4, -0.2) is 11.6 Å². The minimum atomic E-state index is -0.619. The zero-order valence-corrected chi connectivity index (χ0v) is 18.7. The number of hydrogen-bond acceptors (Lipinski definition) is 3. The maximum absolute atomic E-state index is 14.0. The van der Waals surface area contributed by atoms with E-state index in [0.717, 1.165) is 29.5 Å². The van der Waals surface area contributed by atoms with Gasteiger partial charge in [-0.15, -0.1) is 0 Å². The lowest BCUT2D eigenvalue weighted by Gasteiger charge is -2.20. The normalized spacial score (nSPS) is 17.2. The molecule has 1 aromatic heterocycles. The second-order valence-corrected chi connectivity index (χ2v) is 8.57. The number of aryl methyl sites for hydroxylation is 1. The van der Waals surface area contributed by atoms with Crippen molar-refractivity contribution in [3.8, 4) is 11.3 Å². The van der Waals surface area contributed by atoms with Crippen molar-refractivity contribution in [1.29, 1.82) is 0 Å². The van der Waals surface area contributed by atoms with Crippen LogP contribution in [0.1, 0.15) is 69.2 Å². The smallest absolute Gasteiger partial charge is 0.175 e. The molecule has 0 aliphatic heterocycles. The fraction of sp³-hybridized carbons (Fsp3) is 0.200. The van der Waals surface area contributed by atoms with Crippen LogP contribution >= 0.6 is 0 Å². The Morgan fingerprint density at radius 2 is 1.45 bits per heavy atom. The molecule has 5 rings (SSSR count). The topological polar surface area (TPSA) is 47.3 Å². The van der Waals surface area contributed by atoms with E-state index in [2.05, 4.69) is 6.92 Å². The third-order valence-corrected chi connectivity index (χ3v) is 6.48. The molecule has 0 unspecified atom stereocenters. The highest BCUT2D eigenvalue weighted by molar-refractivity contribution is 6.17. The number of rotatable bonds is 7. The van der Waals surface area contributed by atoms with Gasteiger partial charge in [-0.2, -0.15) is 0 Å². The van der Waals surface area contributed by atoms with Crippen molar-refractivity contribution in [2.75, 3.05) is 0 Å². The van der Waals surface area contributed by atoms with Crippen LogP contribution in [-0.2, 0) is 6.42 Å². The van der Waals surface area contributed by atoms with Crippen molar-refractivity contribution in [3.05, 3.63) is 119 Å². The molecular weight excluding hydrogens is 408 g/mol. The summed E-state index contributed by atoms with van der Waals surface area (Å²) in [5.74, 6) is 0.131. The van der Waals surface area contributed by atoms with Crippen molar-refractivity contribution >= 4 is 11.6 Å². The second kappa shape index (κ2) is 9.03. The summed E-state index contributed by atoms with van der Waals surface area (Å²) in [6.45, 7) is 2.12. The number of fused-ring (bicyclic) bond motifs is 1. The molecule has 3 heteroatoms. The fourth-order valence-corrected chi connectivity index (χ4v) is 4.92. The quantitative estimate of drug-likeness (QED) is 0.288. The highest BCUT2D eigenvalue weighted by atomic mass is 16.3. The Labute approximate surface area is 194 Å². The summed E-state index contributed by atoms with van der Waals surface area (Å²) < 4.78 is 6.37. The first-order valence-corrected chi connectivity index (χ1v) is 11.6. The molecule has 0 radical (unpaired) electrons. The van der Waals surface area contributed by atoms with Gasteiger partial charge in [0, 0.05) is 23.1 Å². The van der Waals surface area contributed by atoms with Crippen LogP contribution in [0.15, 0.2) is 95.4 Å². The molecule has 0 saturated carbocycles. The van der Waals surface area contributed by atoms with Gasteiger partial charge in [0.25, 0.3) is 0 Å². The molecule has 1 aliphatic carbocycles. The number of furan rings is 1. The highest BCUT2D eigenvalue weighted by Crippen LogP contribution is 2.52. The van der Waals surface area contributed by atoms with Gasteiger partial charge in [-0.25, -0.2) is 0 Å². The number of Topliss-reactive ketones (excluding diaryl/α,β-unsaturated/α-hetero) is 2. The zero-order chi connectivity index (χ0) is 22.8. The molecule has 0 fully saturated rings. The van der Waals surface area contributed by atoms with E-state index in [1.807, 2.05) is 91.0 Å². The largest absolute Gasteiger partial charge is 0.460 e. The Morgan fingerprint density at radius 1 is 0.848 bits per heavy atom. The van der Waals surface area contributed by atoms with E-state index >= 15 is 0 Å². The fourth-order valence-electron chi connectivity index (χ4n) is 4.92. The van der Waals surface area contributed by atoms with Crippen LogP contribution in [0.25, 0.3) is 11.3 Å². The Balaban J connectivity index is 1.75. The van der Waals surface area contributed by atoms with Gasteiger partial charge in [0.05, 0.1) is 17.4 Å². The third-order valence-electron chi connectivity index (χ3n) is 6.48. The van der Waals surface area contributed by atoms with E-state index in [9.17, 15) is 9.59 Å². The molecule has 3 aromatic carbocycles. The van der Waals surface area contributed by atoms with Crippen molar-refractivity contribution in [2.24, 2.45) is 0 Å². The number of carbonyl (C=O) groups is 2. The van der Waals surface area contributed by atoms with Crippen molar-refractivity contribution in [1.82, 2.24) is 0 Å². The summed E-state index contributed by atoms with van der Waals surface area (Å²) in [5.41, 5.74) is 3.74. The van der Waals surface area contributed by atoms with Crippen molar-refractivity contribution < 1.29 is 14.0 Å². The minimum Gasteiger partial charge on any atom is -0.460 e. The van der Waals surface area contributed by atoms with Gasteiger partial charge in [-0.3, -0.25) is 9.59 Å². The monoisotopic (exact) mass is 434 g/mol. The molecule has 0 N–H and O–H groups in total. The first-order valence-electron chi connectivity index (χ1n) is 11.6. The zero-order valence-electron chi connectivity index (χ0n) is 18.7. The third kappa shape index (κ3) is 3.74. The summed E-state index contributed by atoms with van der Waals surface area (Å²) in [7, 11) is 0.